The van der Waals surface area contributed by atoms with Crippen LogP contribution in [-0.4, -0.2) is 80.7 Å². The number of nitrogens with two attached hydrogens (primary N) is 1. The number of imidazole rings is 1. The molecule has 3 heterocycles. The first-order chi connectivity index (χ1) is 19.1. The number of nitrogens with one attached hydrogen (secondary N) is 1. The lowest BCUT2D eigenvalue weighted by Gasteiger charge is -2.21. The van der Waals surface area contributed by atoms with Crippen LogP contribution in [0.2, 0.25) is 0 Å². The highest BCUT2D eigenvalue weighted by Crippen LogP contribution is 2.37. The summed E-state index contributed by atoms with van der Waals surface area (Å²) in [5, 5.41) is 17.7. The molecule has 1 amide bonds. The molecule has 2 aliphatic rings. The van der Waals surface area contributed by atoms with Crippen LogP contribution in [0, 0.1) is 29.5 Å². The van der Waals surface area contributed by atoms with E-state index in [0.29, 0.717) is 43.5 Å². The molecular formula is C29H34FN7O3. The van der Waals surface area contributed by atoms with Crippen LogP contribution in [0.4, 0.5) is 10.2 Å². The lowest BCUT2D eigenvalue weighted by Crippen LogP contribution is -2.33. The maximum absolute atomic E-state index is 15.0. The number of benzene rings is 1. The lowest BCUT2D eigenvalue weighted by atomic mass is 10.1. The van der Waals surface area contributed by atoms with E-state index in [9.17, 15) is 9.90 Å². The second-order valence-corrected chi connectivity index (χ2v) is 10.9. The number of amides is 1. The largest absolute Gasteiger partial charge is 0.383 e. The number of ether oxygens (including phenoxy) is 1. The molecule has 0 bridgehead atoms. The van der Waals surface area contributed by atoms with Crippen molar-refractivity contribution >= 4 is 22.8 Å². The number of aromatic nitrogens is 4. The van der Waals surface area contributed by atoms with Crippen molar-refractivity contribution in [3.63, 3.8) is 0 Å². The fraction of sp³-hybridized carbons (Fsp3) is 0.483. The highest BCUT2D eigenvalue weighted by atomic mass is 19.1. The first-order valence-electron chi connectivity index (χ1n) is 13.3. The maximum atomic E-state index is 15.0. The zero-order valence-corrected chi connectivity index (χ0v) is 23.2. The Morgan fingerprint density at radius 2 is 2.08 bits per heavy atom. The van der Waals surface area contributed by atoms with Crippen molar-refractivity contribution in [2.45, 2.75) is 56.8 Å². The molecule has 0 spiro atoms. The van der Waals surface area contributed by atoms with Crippen LogP contribution in [0.25, 0.3) is 11.0 Å². The van der Waals surface area contributed by atoms with Crippen molar-refractivity contribution < 1.29 is 19.0 Å². The Bertz CT molecular complexity index is 1560. The molecule has 0 unspecified atom stereocenters. The van der Waals surface area contributed by atoms with Crippen LogP contribution in [0.15, 0.2) is 18.5 Å². The van der Waals surface area contributed by atoms with Crippen LogP contribution in [0.1, 0.15) is 66.8 Å². The Labute approximate surface area is 232 Å². The molecule has 1 saturated carbocycles. The fourth-order valence-electron chi connectivity index (χ4n) is 5.22. The molecule has 2 aromatic heterocycles. The number of halogens is 1. The summed E-state index contributed by atoms with van der Waals surface area (Å²) in [6.07, 6.45) is 4.57. The molecule has 1 saturated heterocycles. The fourth-order valence-corrected chi connectivity index (χ4v) is 5.22. The number of hydrogen-bond donors (Lipinski definition) is 3. The van der Waals surface area contributed by atoms with Gasteiger partial charge < -0.3 is 25.5 Å². The van der Waals surface area contributed by atoms with E-state index in [1.165, 1.54) is 6.07 Å². The van der Waals surface area contributed by atoms with Crippen molar-refractivity contribution in [2.24, 2.45) is 5.73 Å². The van der Waals surface area contributed by atoms with Gasteiger partial charge in [0.2, 0.25) is 0 Å². The van der Waals surface area contributed by atoms with E-state index in [1.807, 2.05) is 4.57 Å². The van der Waals surface area contributed by atoms with Crippen molar-refractivity contribution in [2.75, 3.05) is 39.2 Å². The van der Waals surface area contributed by atoms with Gasteiger partial charge in [0.05, 0.1) is 42.1 Å². The summed E-state index contributed by atoms with van der Waals surface area (Å²) in [7, 11) is 3.34. The van der Waals surface area contributed by atoms with E-state index in [0.717, 1.165) is 18.4 Å². The van der Waals surface area contributed by atoms with E-state index >= 15 is 4.39 Å². The Morgan fingerprint density at radius 3 is 2.73 bits per heavy atom. The van der Waals surface area contributed by atoms with Gasteiger partial charge in [0.1, 0.15) is 22.8 Å². The number of rotatable bonds is 7. The van der Waals surface area contributed by atoms with Gasteiger partial charge in [-0.15, -0.1) is 0 Å². The highest BCUT2D eigenvalue weighted by Gasteiger charge is 2.36. The summed E-state index contributed by atoms with van der Waals surface area (Å²) in [6.45, 7) is 4.80. The molecule has 1 aliphatic heterocycles. The van der Waals surface area contributed by atoms with Gasteiger partial charge in [0.25, 0.3) is 5.91 Å². The molecule has 3 aromatic rings. The third-order valence-corrected chi connectivity index (χ3v) is 7.20. The first kappa shape index (κ1) is 27.7. The zero-order chi connectivity index (χ0) is 28.6. The average molecular weight is 548 g/mol. The number of methoxy groups -OCH3 is 1. The molecule has 10 nitrogen and oxygen atoms in total. The molecule has 5 rings (SSSR count). The third-order valence-electron chi connectivity index (χ3n) is 7.20. The number of fused-ring (bicyclic) bond motifs is 1. The van der Waals surface area contributed by atoms with Crippen molar-refractivity contribution in [1.29, 1.82) is 0 Å². The number of nitrogens with zero attached hydrogens (tertiary/aromatic N) is 5. The standard InChI is InChI=1S/C29H34FN7O3/c1-29(2,39)10-5-11-35-15-20(13-21(35)16-40-4)37-28(32-3)26(27(31)38)23(34-37)9-6-18-12-24-25(14-22(18)30)36(17-33-24)19-7-8-19/h12,14,17,19-21,32,39H,7-8,11,13,15-16H2,1-4H3,(H2,31,38)/t20-,21+/m0/s1. The minimum absolute atomic E-state index is 0.0582. The minimum Gasteiger partial charge on any atom is -0.383 e. The van der Waals surface area contributed by atoms with Gasteiger partial charge in [-0.05, 0) is 45.1 Å². The predicted octanol–water partition coefficient (Wildman–Crippen LogP) is 2.28. The number of hydrogen-bond acceptors (Lipinski definition) is 7. The summed E-state index contributed by atoms with van der Waals surface area (Å²) in [5.41, 5.74) is 6.58. The summed E-state index contributed by atoms with van der Waals surface area (Å²) in [4.78, 5) is 19.1. The summed E-state index contributed by atoms with van der Waals surface area (Å²) in [6, 6.07) is 3.39. The maximum Gasteiger partial charge on any atom is 0.255 e. The molecule has 2 atom stereocenters. The van der Waals surface area contributed by atoms with E-state index in [4.69, 9.17) is 10.5 Å². The first-order valence-corrected chi connectivity index (χ1v) is 13.3. The molecule has 210 valence electrons. The number of anilines is 1. The van der Waals surface area contributed by atoms with Gasteiger partial charge in [-0.2, -0.15) is 5.10 Å². The normalized spacial score (nSPS) is 19.2. The monoisotopic (exact) mass is 547 g/mol. The smallest absolute Gasteiger partial charge is 0.255 e. The number of likely N-dealkylation sites (tertiary alicyclic amines) is 1. The van der Waals surface area contributed by atoms with Gasteiger partial charge in [-0.1, -0.05) is 17.8 Å². The van der Waals surface area contributed by atoms with Gasteiger partial charge in [-0.3, -0.25) is 9.69 Å². The second-order valence-electron chi connectivity index (χ2n) is 10.9. The number of carbonyl (C=O) groups is 1. The Balaban J connectivity index is 1.47. The molecule has 2 fully saturated rings. The zero-order valence-electron chi connectivity index (χ0n) is 23.2. The average Bonchev–Trinajstić information content (AvgIpc) is 3.36. The molecule has 1 aliphatic carbocycles. The Morgan fingerprint density at radius 1 is 1.30 bits per heavy atom. The topological polar surface area (TPSA) is 123 Å². The molecule has 11 heteroatoms. The Hall–Kier alpha value is -3.90. The number of primary amides is 1. The van der Waals surface area contributed by atoms with Gasteiger partial charge >= 0.3 is 0 Å². The van der Waals surface area contributed by atoms with Crippen LogP contribution < -0.4 is 11.1 Å². The van der Waals surface area contributed by atoms with Crippen LogP contribution in [0.3, 0.4) is 0 Å². The SMILES string of the molecule is CNc1c(C(N)=O)c(C#Cc2cc3ncn(C4CC4)c3cc2F)nn1[C@H]1C[C@H](COC)N(CC#CC(C)(C)O)C1. The van der Waals surface area contributed by atoms with Gasteiger partial charge in [0.15, 0.2) is 5.69 Å². The molecular weight excluding hydrogens is 513 g/mol. The number of carbonyl (C=O) groups excluding carboxylic acids is 1. The summed E-state index contributed by atoms with van der Waals surface area (Å²) in [5.74, 6) is 10.9. The molecule has 4 N–H and O–H groups in total. The molecule has 0 radical (unpaired) electrons. The van der Waals surface area contributed by atoms with E-state index in [1.54, 1.807) is 45.1 Å². The van der Waals surface area contributed by atoms with E-state index in [2.05, 4.69) is 44.0 Å². The number of aliphatic hydroxyl groups is 1. The van der Waals surface area contributed by atoms with Crippen LogP contribution in [-0.2, 0) is 4.74 Å². The summed E-state index contributed by atoms with van der Waals surface area (Å²) >= 11 is 0. The van der Waals surface area contributed by atoms with Gasteiger partial charge in [-0.25, -0.2) is 14.1 Å². The van der Waals surface area contributed by atoms with Crippen molar-refractivity contribution in [1.82, 2.24) is 24.2 Å². The van der Waals surface area contributed by atoms with Gasteiger partial charge in [0, 0.05) is 38.9 Å². The predicted molar refractivity (Wildman–Crippen MR) is 149 cm³/mol. The van der Waals surface area contributed by atoms with Crippen molar-refractivity contribution in [3.05, 3.63) is 41.1 Å². The molecule has 1 aromatic carbocycles. The van der Waals surface area contributed by atoms with Crippen LogP contribution >= 0.6 is 0 Å². The minimum atomic E-state index is -1.08. The lowest BCUT2D eigenvalue weighted by molar-refractivity contribution is 0.100. The Kier molecular flexibility index (Phi) is 7.56. The highest BCUT2D eigenvalue weighted by molar-refractivity contribution is 6.00. The summed E-state index contributed by atoms with van der Waals surface area (Å²) < 4.78 is 24.2. The quantitative estimate of drug-likeness (QED) is 0.388. The molecule has 40 heavy (non-hydrogen) atoms. The third kappa shape index (κ3) is 5.68. The second kappa shape index (κ2) is 10.9. The van der Waals surface area contributed by atoms with Crippen LogP contribution in [0.5, 0.6) is 0 Å². The van der Waals surface area contributed by atoms with E-state index < -0.39 is 17.3 Å². The van der Waals surface area contributed by atoms with E-state index in [-0.39, 0.29) is 28.9 Å². The van der Waals surface area contributed by atoms with Crippen molar-refractivity contribution in [3.8, 4) is 23.7 Å².